The Morgan fingerprint density at radius 2 is 0.632 bits per heavy atom. The third-order valence-corrected chi connectivity index (χ3v) is 28.2. The first-order chi connectivity index (χ1) is 62.8. The molecule has 8 bridgehead atoms. The number of phenolic OH excluding ortho intramolecular Hbond substituents is 2. The van der Waals surface area contributed by atoms with Crippen LogP contribution in [0.5, 0.6) is 11.5 Å². The molecule has 0 aliphatic carbocycles. The first kappa shape index (κ1) is 86.9. The number of nitrogens with zero attached hydrogens (tertiary/aromatic N) is 13. The number of benzene rings is 13. The molecular formula is C81H51N19O25S8. The van der Waals surface area contributed by atoms with Gasteiger partial charge in [-0.25, -0.2) is 38.3 Å². The third kappa shape index (κ3) is 16.6. The molecule has 0 spiro atoms. The van der Waals surface area contributed by atoms with Crippen LogP contribution < -0.4 is 20.7 Å². The van der Waals surface area contributed by atoms with E-state index in [1.807, 2.05) is 0 Å². The van der Waals surface area contributed by atoms with E-state index in [4.69, 9.17) is 24.9 Å². The maximum Gasteiger partial charge on any atom is 0.296 e. The van der Waals surface area contributed by atoms with E-state index >= 15 is 8.42 Å². The third-order valence-electron chi connectivity index (χ3n) is 20.9. The van der Waals surface area contributed by atoms with Gasteiger partial charge in [0.05, 0.1) is 57.8 Å². The molecule has 668 valence electrons. The van der Waals surface area contributed by atoms with E-state index in [1.54, 1.807) is 72.8 Å². The van der Waals surface area contributed by atoms with Gasteiger partial charge in [0.1, 0.15) is 43.8 Å². The minimum absolute atomic E-state index is 0.0324. The van der Waals surface area contributed by atoms with E-state index in [1.165, 1.54) is 60.7 Å². The van der Waals surface area contributed by atoms with Crippen LogP contribution in [0.2, 0.25) is 0 Å². The van der Waals surface area contributed by atoms with Crippen molar-refractivity contribution in [2.45, 2.75) is 39.2 Å². The minimum Gasteiger partial charge on any atom is -0.505 e. The fraction of sp³-hybridized carbons (Fsp3) is 0. The minimum atomic E-state index is -5.46. The average molecular weight is 1950 g/mol. The molecular weight excluding hydrogens is 1900 g/mol. The summed E-state index contributed by atoms with van der Waals surface area (Å²) < 4.78 is 289. The Morgan fingerprint density at radius 3 is 1.06 bits per heavy atom. The van der Waals surface area contributed by atoms with Crippen LogP contribution in [0.4, 0.5) is 63.3 Å². The number of aromatic hydroxyl groups is 2. The lowest BCUT2D eigenvalue weighted by atomic mass is 10.1. The normalized spacial score (nSPS) is 13.0. The number of H-pyrrole nitrogens is 2. The quantitative estimate of drug-likeness (QED) is 0.0249. The summed E-state index contributed by atoms with van der Waals surface area (Å²) in [5.41, 5.74) is -3.98. The Labute approximate surface area is 746 Å². The summed E-state index contributed by atoms with van der Waals surface area (Å²) in [6.45, 7) is 0. The van der Waals surface area contributed by atoms with Crippen molar-refractivity contribution < 1.29 is 109 Å². The van der Waals surface area contributed by atoms with E-state index in [0.717, 1.165) is 48.5 Å². The van der Waals surface area contributed by atoms with Crippen molar-refractivity contribution in [2.24, 2.45) is 20.5 Å². The second-order valence-electron chi connectivity index (χ2n) is 29.3. The number of phenols is 2. The molecule has 133 heavy (non-hydrogen) atoms. The molecule has 15 N–H and O–H groups in total. The predicted octanol–water partition coefficient (Wildman–Crippen LogP) is 14.7. The van der Waals surface area contributed by atoms with Gasteiger partial charge in [-0.05, 0) is 161 Å². The molecule has 0 saturated heterocycles. The van der Waals surface area contributed by atoms with Crippen molar-refractivity contribution in [3.63, 3.8) is 0 Å². The van der Waals surface area contributed by atoms with E-state index in [2.05, 4.69) is 71.0 Å². The average Bonchev–Trinajstić information content (AvgIpc) is 1.42. The largest absolute Gasteiger partial charge is 0.505 e. The monoisotopic (exact) mass is 1950 g/mol. The molecule has 2 aliphatic rings. The highest BCUT2D eigenvalue weighted by atomic mass is 32.2. The number of aromatic nitrogens is 11. The Hall–Kier alpha value is -15.4. The fourth-order valence-electron chi connectivity index (χ4n) is 14.9. The summed E-state index contributed by atoms with van der Waals surface area (Å²) in [6, 6.07) is 45.8. The molecule has 13 aromatic carbocycles. The Balaban J connectivity index is 0.748. The first-order valence-electron chi connectivity index (χ1n) is 37.7. The highest BCUT2D eigenvalue weighted by Crippen LogP contribution is 2.50. The Bertz CT molecular complexity index is 9090. The predicted molar refractivity (Wildman–Crippen MR) is 479 cm³/mol. The lowest BCUT2D eigenvalue weighted by Gasteiger charge is -2.17. The molecule has 4 aromatic heterocycles. The van der Waals surface area contributed by atoms with Gasteiger partial charge in [0.25, 0.3) is 80.9 Å². The number of azo groups is 2. The van der Waals surface area contributed by atoms with Gasteiger partial charge in [-0.1, -0.05) is 78.9 Å². The number of aromatic amines is 2. The Kier molecular flexibility index (Phi) is 20.6. The van der Waals surface area contributed by atoms with Gasteiger partial charge >= 0.3 is 0 Å². The summed E-state index contributed by atoms with van der Waals surface area (Å²) >= 11 is 0. The second kappa shape index (κ2) is 31.4. The second-order valence-corrected chi connectivity index (χ2v) is 40.9. The molecule has 0 atom stereocenters. The van der Waals surface area contributed by atoms with Crippen LogP contribution in [-0.4, -0.2) is 164 Å². The van der Waals surface area contributed by atoms with Crippen LogP contribution in [0.1, 0.15) is 0 Å². The lowest BCUT2D eigenvalue weighted by molar-refractivity contribution is 0.471. The SMILES string of the molecule is O=S(=O)(O)c1ccc2c(c1)-c1nc-2nc2[nH]c(nc3nc(nc4[nH]c(n1)c1ccc(S(=O)(=O)O)cc41)-c1ccc(S(=O)(=O)Nc4cccc(Nc5nc(Nc6cc(S(=O)(=O)O)cc7cc(S(=O)(=O)O)c(N=Nc8cccc9ccccc89)c(O)c67)nc(Nc6cc(S(=O)(=O)O)cc7cc(S(=O)(=O)O)c(N=Nc8cccc9ccccc89)c(O)c67)n5)c4)cc1-3)c1ccc(S(=O)(=O)O)cc21. The van der Waals surface area contributed by atoms with Crippen LogP contribution in [0.15, 0.2) is 278 Å². The molecule has 0 fully saturated rings. The number of hydrogen-bond donors (Lipinski definition) is 15. The zero-order valence-corrected chi connectivity index (χ0v) is 72.5. The van der Waals surface area contributed by atoms with Crippen LogP contribution in [0.3, 0.4) is 0 Å². The molecule has 0 radical (unpaired) electrons. The van der Waals surface area contributed by atoms with Gasteiger partial charge in [0.2, 0.25) is 17.8 Å². The van der Waals surface area contributed by atoms with Gasteiger partial charge in [-0.2, -0.15) is 73.9 Å². The number of hydrogen-bond acceptors (Lipinski definition) is 34. The molecule has 0 saturated carbocycles. The van der Waals surface area contributed by atoms with E-state index in [-0.39, 0.29) is 112 Å². The summed E-state index contributed by atoms with van der Waals surface area (Å²) in [6.07, 6.45) is 0. The lowest BCUT2D eigenvalue weighted by Crippen LogP contribution is -2.13. The summed E-state index contributed by atoms with van der Waals surface area (Å²) in [4.78, 5) is 41.0. The number of sulfonamides is 1. The summed E-state index contributed by atoms with van der Waals surface area (Å²) in [7, 11) is -41.4. The van der Waals surface area contributed by atoms with Gasteiger partial charge in [0, 0.05) is 71.0 Å². The smallest absolute Gasteiger partial charge is 0.296 e. The maximum absolute atomic E-state index is 15.1. The highest BCUT2D eigenvalue weighted by molar-refractivity contribution is 7.92. The standard InChI is InChI=1S/C81H51N19O25S8/c101-69-65-39(28-63(132(120,121)122)67(69)98-96-59-16-5-10-37-8-1-3-14-49(37)59)26-47(130(114,115)116)35-61(65)83-80-93-79(94-81(95-80)84-62-36-48(131(117,118)119)27-40-29-64(133(123,124)125)68(70(102)66(40)62)99-97-60-17-6-11-38-9-2-4-15-50(38)60)82-41-12-7-13-42(30-41)100-126(103,104)43-18-22-51-55(31-43)75-85-71(51)87-76-57-33-45(128(108,109)110)20-24-53(57)73(89-76)91-78-58-34-46(129(111,112)113)21-25-54(58)74(92-78)90-77-56-32-44(127(105,106)107)19-23-52(56)72(86-75)88-77/h1-36,100-102H,(H,105,106,107)(H,108,109,110)(H,111,112,113)(H,114,115,116)(H,117,118,119)(H,120,121,122)(H,123,124,125)(H3,82,83,84,93,94,95)(H2,85,86,87,88,89,90,91,92). The van der Waals surface area contributed by atoms with Crippen LogP contribution in [-0.2, 0) is 80.9 Å². The molecule has 17 aromatic rings. The van der Waals surface area contributed by atoms with Gasteiger partial charge in [0.15, 0.2) is 34.8 Å². The van der Waals surface area contributed by atoms with Crippen LogP contribution in [0.25, 0.3) is 133 Å². The fourth-order valence-corrected chi connectivity index (χ4v) is 19.9. The molecule has 6 heterocycles. The molecule has 0 unspecified atom stereocenters. The molecule has 44 nitrogen and oxygen atoms in total. The van der Waals surface area contributed by atoms with Crippen molar-refractivity contribution in [3.05, 3.63) is 218 Å². The van der Waals surface area contributed by atoms with Crippen molar-refractivity contribution >= 4 is 231 Å². The van der Waals surface area contributed by atoms with Crippen LogP contribution in [0, 0.1) is 0 Å². The number of rotatable bonds is 20. The maximum atomic E-state index is 15.1. The molecule has 2 aliphatic heterocycles. The van der Waals surface area contributed by atoms with Crippen molar-refractivity contribution in [3.8, 4) is 57.1 Å². The first-order valence-corrected chi connectivity index (χ1v) is 49.2. The van der Waals surface area contributed by atoms with Crippen molar-refractivity contribution in [1.82, 2.24) is 54.8 Å². The topological polar surface area (TPSA) is 700 Å². The van der Waals surface area contributed by atoms with E-state index < -0.39 is 194 Å². The zero-order chi connectivity index (χ0) is 93.9. The molecule has 0 amide bonds. The summed E-state index contributed by atoms with van der Waals surface area (Å²) in [5, 5.41) is 49.7. The van der Waals surface area contributed by atoms with Crippen LogP contribution >= 0.6 is 0 Å². The van der Waals surface area contributed by atoms with Crippen molar-refractivity contribution in [1.29, 1.82) is 0 Å². The molecule has 19 rings (SSSR count). The van der Waals surface area contributed by atoms with Gasteiger partial charge in [-0.15, -0.1) is 20.5 Å². The zero-order valence-electron chi connectivity index (χ0n) is 65.9. The Morgan fingerprint density at radius 1 is 0.271 bits per heavy atom. The number of anilines is 7. The van der Waals surface area contributed by atoms with E-state index in [0.29, 0.717) is 57.9 Å². The van der Waals surface area contributed by atoms with E-state index in [9.17, 15) is 101 Å². The van der Waals surface area contributed by atoms with Crippen molar-refractivity contribution in [2.75, 3.05) is 20.7 Å². The molecule has 52 heteroatoms. The van der Waals surface area contributed by atoms with Gasteiger partial charge < -0.3 is 36.1 Å². The number of nitrogens with one attached hydrogen (secondary N) is 6. The van der Waals surface area contributed by atoms with Gasteiger partial charge in [-0.3, -0.25) is 36.6 Å². The summed E-state index contributed by atoms with van der Waals surface area (Å²) in [5.74, 6) is -5.51. The highest BCUT2D eigenvalue weighted by Gasteiger charge is 2.33. The number of fused-ring (bicyclic) bond motifs is 24.